The van der Waals surface area contributed by atoms with Crippen LogP contribution in [0.4, 0.5) is 0 Å². The van der Waals surface area contributed by atoms with E-state index in [0.29, 0.717) is 18.9 Å². The van der Waals surface area contributed by atoms with E-state index in [2.05, 4.69) is 85.9 Å². The molecule has 2 N–H and O–H groups in total. The van der Waals surface area contributed by atoms with Crippen molar-refractivity contribution in [3.63, 3.8) is 0 Å². The number of carbonyl (C=O) groups excluding carboxylic acids is 1. The Balaban J connectivity index is 4.20. The van der Waals surface area contributed by atoms with Crippen molar-refractivity contribution in [1.82, 2.24) is 10.6 Å². The van der Waals surface area contributed by atoms with Crippen LogP contribution in [-0.4, -0.2) is 36.7 Å². The second kappa shape index (κ2) is 12.0. The number of carbonyl (C=O) groups is 1. The van der Waals surface area contributed by atoms with Gasteiger partial charge in [-0.1, -0.05) is 39.3 Å². The number of hydrogen-bond donors (Lipinski definition) is 2. The Morgan fingerprint density at radius 2 is 1.68 bits per heavy atom. The molecule has 0 saturated carbocycles. The van der Waals surface area contributed by atoms with E-state index >= 15 is 0 Å². The summed E-state index contributed by atoms with van der Waals surface area (Å²) in [4.78, 5) is 12.1. The maximum atomic E-state index is 12.1. The van der Waals surface area contributed by atoms with Crippen molar-refractivity contribution in [1.29, 1.82) is 0 Å². The fourth-order valence-corrected chi connectivity index (χ4v) is 2.88. The van der Waals surface area contributed by atoms with Gasteiger partial charge in [-0.15, -0.1) is 0 Å². The van der Waals surface area contributed by atoms with Crippen molar-refractivity contribution in [3.8, 4) is 0 Å². The largest absolute Gasteiger partial charge is 0.376 e. The molecule has 0 atom stereocenters. The van der Waals surface area contributed by atoms with Gasteiger partial charge in [0.2, 0.25) is 5.91 Å². The normalized spacial score (nSPS) is 13.9. The molecule has 0 rings (SSSR count). The van der Waals surface area contributed by atoms with E-state index in [1.807, 2.05) is 0 Å². The predicted octanol–water partition coefficient (Wildman–Crippen LogP) is 5.47. The second-order valence-electron chi connectivity index (χ2n) is 11.1. The molecule has 28 heavy (non-hydrogen) atoms. The molecule has 0 saturated heterocycles. The van der Waals surface area contributed by atoms with Gasteiger partial charge in [-0.2, -0.15) is 0 Å². The van der Waals surface area contributed by atoms with Crippen LogP contribution in [0.15, 0.2) is 11.6 Å². The minimum absolute atomic E-state index is 0.0956. The van der Waals surface area contributed by atoms with Crippen molar-refractivity contribution in [2.75, 3.05) is 19.7 Å². The minimum Gasteiger partial charge on any atom is -0.376 e. The molecular formula is C24H48N2O2. The molecule has 0 fully saturated rings. The van der Waals surface area contributed by atoms with E-state index in [0.717, 1.165) is 32.4 Å². The minimum atomic E-state index is -0.248. The van der Waals surface area contributed by atoms with Crippen LogP contribution in [0.1, 0.15) is 94.9 Å². The highest BCUT2D eigenvalue weighted by Gasteiger charge is 2.22. The van der Waals surface area contributed by atoms with Crippen molar-refractivity contribution in [2.45, 2.75) is 106 Å². The van der Waals surface area contributed by atoms with Crippen molar-refractivity contribution < 1.29 is 9.53 Å². The van der Waals surface area contributed by atoms with Crippen LogP contribution in [0.25, 0.3) is 0 Å². The summed E-state index contributed by atoms with van der Waals surface area (Å²) in [5.41, 5.74) is 1.39. The lowest BCUT2D eigenvalue weighted by Gasteiger charge is -2.31. The summed E-state index contributed by atoms with van der Waals surface area (Å²) in [6.07, 6.45) is 5.46. The summed E-state index contributed by atoms with van der Waals surface area (Å²) in [7, 11) is 0. The molecule has 0 radical (unpaired) electrons. The zero-order valence-corrected chi connectivity index (χ0v) is 20.4. The molecule has 0 heterocycles. The summed E-state index contributed by atoms with van der Waals surface area (Å²) >= 11 is 0. The first-order valence-corrected chi connectivity index (χ1v) is 10.9. The van der Waals surface area contributed by atoms with E-state index < -0.39 is 0 Å². The van der Waals surface area contributed by atoms with E-state index in [-0.39, 0.29) is 22.5 Å². The smallest absolute Gasteiger partial charge is 0.220 e. The molecule has 4 heteroatoms. The zero-order valence-electron chi connectivity index (χ0n) is 20.4. The number of rotatable bonds is 13. The molecule has 0 aromatic carbocycles. The first-order valence-electron chi connectivity index (χ1n) is 10.9. The van der Waals surface area contributed by atoms with Crippen LogP contribution in [0.2, 0.25) is 0 Å². The molecular weight excluding hydrogens is 348 g/mol. The summed E-state index contributed by atoms with van der Waals surface area (Å²) < 4.78 is 5.94. The predicted molar refractivity (Wildman–Crippen MR) is 122 cm³/mol. The number of nitrogens with one attached hydrogen (secondary N) is 2. The Hall–Kier alpha value is -0.870. The van der Waals surface area contributed by atoms with Crippen molar-refractivity contribution in [3.05, 3.63) is 11.6 Å². The third kappa shape index (κ3) is 16.1. The highest BCUT2D eigenvalue weighted by atomic mass is 16.5. The lowest BCUT2D eigenvalue weighted by atomic mass is 9.85. The van der Waals surface area contributed by atoms with Gasteiger partial charge in [-0.3, -0.25) is 4.79 Å². The Kier molecular flexibility index (Phi) is 11.6. The highest BCUT2D eigenvalue weighted by Crippen LogP contribution is 2.25. The average molecular weight is 397 g/mol. The maximum absolute atomic E-state index is 12.1. The van der Waals surface area contributed by atoms with Gasteiger partial charge in [-0.05, 0) is 72.1 Å². The molecule has 0 bridgehead atoms. The monoisotopic (exact) mass is 396 g/mol. The van der Waals surface area contributed by atoms with Gasteiger partial charge in [0.15, 0.2) is 0 Å². The first-order chi connectivity index (χ1) is 12.6. The summed E-state index contributed by atoms with van der Waals surface area (Å²) in [6, 6.07) is 0. The van der Waals surface area contributed by atoms with E-state index in [4.69, 9.17) is 4.74 Å². The molecule has 0 unspecified atom stereocenters. The number of hydrogen-bond acceptors (Lipinski definition) is 3. The van der Waals surface area contributed by atoms with Gasteiger partial charge in [0.05, 0.1) is 5.60 Å². The Morgan fingerprint density at radius 1 is 1.07 bits per heavy atom. The standard InChI is InChI=1S/C24H48N2O2/c1-19(2)13-16-28-24(9,10)14-11-21(27)25-15-12-20(3)17-23(7,8)18-26-22(4,5)6/h12,19,26H,11,13-18H2,1-10H3,(H,25,27)/b20-12+. The van der Waals surface area contributed by atoms with Gasteiger partial charge in [0, 0.05) is 31.7 Å². The Bertz CT molecular complexity index is 485. The Labute approximate surface area is 175 Å². The molecule has 0 aromatic rings. The lowest BCUT2D eigenvalue weighted by Crippen LogP contribution is -2.42. The fraction of sp³-hybridized carbons (Fsp3) is 0.875. The van der Waals surface area contributed by atoms with Crippen LogP contribution in [-0.2, 0) is 9.53 Å². The molecule has 0 spiro atoms. The fourth-order valence-electron chi connectivity index (χ4n) is 2.88. The summed E-state index contributed by atoms with van der Waals surface area (Å²) in [6.45, 7) is 24.1. The highest BCUT2D eigenvalue weighted by molar-refractivity contribution is 5.76. The van der Waals surface area contributed by atoms with Gasteiger partial charge in [0.25, 0.3) is 0 Å². The van der Waals surface area contributed by atoms with Crippen LogP contribution < -0.4 is 10.6 Å². The van der Waals surface area contributed by atoms with E-state index in [9.17, 15) is 4.79 Å². The third-order valence-electron chi connectivity index (χ3n) is 4.75. The zero-order chi connectivity index (χ0) is 22.0. The quantitative estimate of drug-likeness (QED) is 0.406. The number of ether oxygens (including phenoxy) is 1. The molecule has 166 valence electrons. The topological polar surface area (TPSA) is 50.4 Å². The van der Waals surface area contributed by atoms with E-state index in [1.165, 1.54) is 5.57 Å². The summed E-state index contributed by atoms with van der Waals surface area (Å²) in [5.74, 6) is 0.738. The van der Waals surface area contributed by atoms with Gasteiger partial charge in [-0.25, -0.2) is 0 Å². The summed E-state index contributed by atoms with van der Waals surface area (Å²) in [5, 5.41) is 6.60. The molecule has 0 aliphatic heterocycles. The molecule has 0 aliphatic rings. The van der Waals surface area contributed by atoms with E-state index in [1.54, 1.807) is 0 Å². The van der Waals surface area contributed by atoms with Gasteiger partial charge in [0.1, 0.15) is 0 Å². The number of allylic oxidation sites excluding steroid dienone is 1. The van der Waals surface area contributed by atoms with Gasteiger partial charge >= 0.3 is 0 Å². The second-order valence-corrected chi connectivity index (χ2v) is 11.1. The third-order valence-corrected chi connectivity index (χ3v) is 4.75. The Morgan fingerprint density at radius 3 is 2.21 bits per heavy atom. The average Bonchev–Trinajstić information content (AvgIpc) is 2.49. The first kappa shape index (κ1) is 27.1. The molecule has 1 amide bonds. The maximum Gasteiger partial charge on any atom is 0.220 e. The molecule has 0 aliphatic carbocycles. The number of amides is 1. The SMILES string of the molecule is C/C(=C\CNC(=O)CCC(C)(C)OCCC(C)C)CC(C)(C)CNC(C)(C)C. The van der Waals surface area contributed by atoms with Crippen molar-refractivity contribution >= 4 is 5.91 Å². The van der Waals surface area contributed by atoms with Crippen LogP contribution >= 0.6 is 0 Å². The van der Waals surface area contributed by atoms with Crippen LogP contribution in [0.3, 0.4) is 0 Å². The van der Waals surface area contributed by atoms with Crippen LogP contribution in [0.5, 0.6) is 0 Å². The molecule has 0 aromatic heterocycles. The van der Waals surface area contributed by atoms with Crippen LogP contribution in [0, 0.1) is 11.3 Å². The van der Waals surface area contributed by atoms with Gasteiger partial charge < -0.3 is 15.4 Å². The van der Waals surface area contributed by atoms with Crippen molar-refractivity contribution in [2.24, 2.45) is 11.3 Å². The molecule has 4 nitrogen and oxygen atoms in total. The lowest BCUT2D eigenvalue weighted by molar-refractivity contribution is -0.122.